The van der Waals surface area contributed by atoms with Gasteiger partial charge in [-0.3, -0.25) is 9.59 Å². The molecule has 0 bridgehead atoms. The Morgan fingerprint density at radius 2 is 1.59 bits per heavy atom. The second kappa shape index (κ2) is 9.25. The maximum Gasteiger partial charge on any atom is 0.264 e. The summed E-state index contributed by atoms with van der Waals surface area (Å²) in [5, 5.41) is 3.34. The van der Waals surface area contributed by atoms with Crippen molar-refractivity contribution in [1.82, 2.24) is 14.7 Å². The first-order chi connectivity index (χ1) is 15.4. The summed E-state index contributed by atoms with van der Waals surface area (Å²) in [6.45, 7) is 0. The number of nitrogens with zero attached hydrogens (tertiary/aromatic N) is 1. The molecular weight excluding hydrogens is 448 g/mol. The normalized spacial score (nSPS) is 11.2. The van der Waals surface area contributed by atoms with Gasteiger partial charge in [-0.25, -0.2) is 18.1 Å². The molecule has 3 N–H and O–H groups in total. The number of H-pyrrole nitrogens is 1. The number of fused-ring (bicyclic) bond motifs is 1. The Morgan fingerprint density at radius 1 is 0.906 bits per heavy atom. The molecule has 32 heavy (non-hydrogen) atoms. The molecule has 0 saturated carbocycles. The highest BCUT2D eigenvalue weighted by Crippen LogP contribution is 2.20. The molecule has 0 saturated heterocycles. The maximum atomic E-state index is 12.4. The Labute approximate surface area is 188 Å². The van der Waals surface area contributed by atoms with Gasteiger partial charge in [0.05, 0.1) is 21.7 Å². The van der Waals surface area contributed by atoms with Gasteiger partial charge in [0.1, 0.15) is 0 Å². The molecule has 1 heterocycles. The Morgan fingerprint density at radius 3 is 2.31 bits per heavy atom. The van der Waals surface area contributed by atoms with Crippen molar-refractivity contribution in [2.24, 2.45) is 0 Å². The SMILES string of the molecule is O=C(CSc1nc2ccccc2[nH]1)Nc1ccc(S(=O)(=O)NC(=O)c2ccccc2)cc1. The molecule has 0 aliphatic heterocycles. The standard InChI is InChI=1S/C22H18N4O4S2/c27-20(14-31-22-24-18-8-4-5-9-19(18)25-22)23-16-10-12-17(13-11-16)32(29,30)26-21(28)15-6-2-1-3-7-15/h1-13H,14H2,(H,23,27)(H,24,25)(H,26,28). The predicted molar refractivity (Wildman–Crippen MR) is 123 cm³/mol. The molecule has 4 rings (SSSR count). The number of aromatic amines is 1. The van der Waals surface area contributed by atoms with Crippen LogP contribution in [0.4, 0.5) is 5.69 Å². The minimum Gasteiger partial charge on any atom is -0.333 e. The van der Waals surface area contributed by atoms with E-state index in [0.29, 0.717) is 10.8 Å². The third kappa shape index (κ3) is 5.16. The molecule has 4 aromatic rings. The quantitative estimate of drug-likeness (QED) is 0.359. The number of amides is 2. The number of nitrogens with one attached hydrogen (secondary N) is 3. The summed E-state index contributed by atoms with van der Waals surface area (Å²) in [7, 11) is -4.04. The van der Waals surface area contributed by atoms with Crippen LogP contribution in [0.1, 0.15) is 10.4 Å². The summed E-state index contributed by atoms with van der Waals surface area (Å²) in [6.07, 6.45) is 0. The van der Waals surface area contributed by atoms with Crippen LogP contribution in [0.15, 0.2) is 88.9 Å². The first-order valence-corrected chi connectivity index (χ1v) is 12.0. The molecule has 0 fully saturated rings. The van der Waals surface area contributed by atoms with E-state index < -0.39 is 15.9 Å². The van der Waals surface area contributed by atoms with Crippen LogP contribution < -0.4 is 10.0 Å². The zero-order valence-electron chi connectivity index (χ0n) is 16.6. The molecule has 10 heteroatoms. The average Bonchev–Trinajstić information content (AvgIpc) is 3.21. The third-order valence-corrected chi connectivity index (χ3v) is 6.64. The van der Waals surface area contributed by atoms with Gasteiger partial charge < -0.3 is 10.3 Å². The van der Waals surface area contributed by atoms with E-state index in [9.17, 15) is 18.0 Å². The Bertz CT molecular complexity index is 1340. The van der Waals surface area contributed by atoms with Crippen molar-refractivity contribution in [3.8, 4) is 0 Å². The molecule has 0 aliphatic carbocycles. The van der Waals surface area contributed by atoms with Gasteiger partial charge in [-0.2, -0.15) is 0 Å². The van der Waals surface area contributed by atoms with E-state index >= 15 is 0 Å². The highest BCUT2D eigenvalue weighted by molar-refractivity contribution is 7.99. The van der Waals surface area contributed by atoms with E-state index in [0.717, 1.165) is 11.0 Å². The minimum atomic E-state index is -4.04. The van der Waals surface area contributed by atoms with Crippen LogP contribution in [0.2, 0.25) is 0 Å². The Balaban J connectivity index is 1.34. The number of thioether (sulfide) groups is 1. The van der Waals surface area contributed by atoms with Crippen molar-refractivity contribution < 1.29 is 18.0 Å². The predicted octanol–water partition coefficient (Wildman–Crippen LogP) is 3.41. The van der Waals surface area contributed by atoms with Gasteiger partial charge in [0.15, 0.2) is 5.16 Å². The summed E-state index contributed by atoms with van der Waals surface area (Å²) < 4.78 is 26.9. The number of aromatic nitrogens is 2. The number of anilines is 1. The molecule has 0 aliphatic rings. The van der Waals surface area contributed by atoms with Gasteiger partial charge in [0.25, 0.3) is 15.9 Å². The summed E-state index contributed by atoms with van der Waals surface area (Å²) in [6, 6.07) is 21.2. The van der Waals surface area contributed by atoms with Crippen molar-refractivity contribution in [3.63, 3.8) is 0 Å². The summed E-state index contributed by atoms with van der Waals surface area (Å²) in [5.41, 5.74) is 2.40. The number of rotatable bonds is 7. The van der Waals surface area contributed by atoms with Crippen LogP contribution in [0.25, 0.3) is 11.0 Å². The van der Waals surface area contributed by atoms with Crippen molar-refractivity contribution in [1.29, 1.82) is 0 Å². The third-order valence-electron chi connectivity index (χ3n) is 4.42. The summed E-state index contributed by atoms with van der Waals surface area (Å²) in [4.78, 5) is 31.8. The Kier molecular flexibility index (Phi) is 6.24. The molecule has 0 radical (unpaired) electrons. The van der Waals surface area contributed by atoms with Crippen LogP contribution in [-0.2, 0) is 14.8 Å². The average molecular weight is 467 g/mol. The minimum absolute atomic E-state index is 0.0866. The molecule has 0 unspecified atom stereocenters. The van der Waals surface area contributed by atoms with Crippen LogP contribution in [0.3, 0.4) is 0 Å². The number of carbonyl (C=O) groups is 2. The van der Waals surface area contributed by atoms with E-state index in [1.165, 1.54) is 48.2 Å². The van der Waals surface area contributed by atoms with Gasteiger partial charge in [0, 0.05) is 11.3 Å². The van der Waals surface area contributed by atoms with Crippen molar-refractivity contribution >= 4 is 50.3 Å². The van der Waals surface area contributed by atoms with Gasteiger partial charge in [0.2, 0.25) is 5.91 Å². The number of imidazole rings is 1. The fourth-order valence-corrected chi connectivity index (χ4v) is 4.53. The number of hydrogen-bond donors (Lipinski definition) is 3. The highest BCUT2D eigenvalue weighted by Gasteiger charge is 2.18. The number of para-hydroxylation sites is 2. The van der Waals surface area contributed by atoms with Crippen molar-refractivity contribution in [2.75, 3.05) is 11.1 Å². The van der Waals surface area contributed by atoms with Crippen LogP contribution in [-0.4, -0.2) is 36.0 Å². The van der Waals surface area contributed by atoms with Gasteiger partial charge >= 0.3 is 0 Å². The molecule has 2 amide bonds. The zero-order chi connectivity index (χ0) is 22.6. The highest BCUT2D eigenvalue weighted by atomic mass is 32.2. The largest absolute Gasteiger partial charge is 0.333 e. The lowest BCUT2D eigenvalue weighted by atomic mass is 10.2. The molecule has 0 atom stereocenters. The number of sulfonamides is 1. The topological polar surface area (TPSA) is 121 Å². The first kappa shape index (κ1) is 21.6. The molecule has 1 aromatic heterocycles. The molecule has 162 valence electrons. The van der Waals surface area contributed by atoms with E-state index in [1.807, 2.05) is 29.0 Å². The zero-order valence-corrected chi connectivity index (χ0v) is 18.2. The fourth-order valence-electron chi connectivity index (χ4n) is 2.88. The van der Waals surface area contributed by atoms with Crippen LogP contribution in [0.5, 0.6) is 0 Å². The lowest BCUT2D eigenvalue weighted by Crippen LogP contribution is -2.30. The number of benzene rings is 3. The second-order valence-corrected chi connectivity index (χ2v) is 9.37. The Hall–Kier alpha value is -3.63. The van der Waals surface area contributed by atoms with E-state index in [2.05, 4.69) is 15.3 Å². The summed E-state index contributed by atoms with van der Waals surface area (Å²) >= 11 is 1.26. The lowest BCUT2D eigenvalue weighted by Gasteiger charge is -2.09. The van der Waals surface area contributed by atoms with Gasteiger partial charge in [-0.05, 0) is 48.5 Å². The van der Waals surface area contributed by atoms with E-state index in [4.69, 9.17) is 0 Å². The van der Waals surface area contributed by atoms with E-state index in [1.54, 1.807) is 18.2 Å². The lowest BCUT2D eigenvalue weighted by molar-refractivity contribution is -0.113. The van der Waals surface area contributed by atoms with Gasteiger partial charge in [-0.15, -0.1) is 0 Å². The maximum absolute atomic E-state index is 12.4. The molecule has 8 nitrogen and oxygen atoms in total. The molecule has 0 spiro atoms. The van der Waals surface area contributed by atoms with Crippen LogP contribution >= 0.6 is 11.8 Å². The molecular formula is C22H18N4O4S2. The fraction of sp³-hybridized carbons (Fsp3) is 0.0455. The smallest absolute Gasteiger partial charge is 0.264 e. The first-order valence-electron chi connectivity index (χ1n) is 9.50. The van der Waals surface area contributed by atoms with Crippen LogP contribution in [0, 0.1) is 0 Å². The van der Waals surface area contributed by atoms with Gasteiger partial charge in [-0.1, -0.05) is 42.1 Å². The molecule has 3 aromatic carbocycles. The number of hydrogen-bond acceptors (Lipinski definition) is 6. The van der Waals surface area contributed by atoms with Crippen molar-refractivity contribution in [3.05, 3.63) is 84.4 Å². The van der Waals surface area contributed by atoms with E-state index in [-0.39, 0.29) is 22.1 Å². The van der Waals surface area contributed by atoms with Crippen molar-refractivity contribution in [2.45, 2.75) is 10.1 Å². The number of carbonyl (C=O) groups excluding carboxylic acids is 2. The second-order valence-electron chi connectivity index (χ2n) is 6.72. The monoisotopic (exact) mass is 466 g/mol. The summed E-state index contributed by atoms with van der Waals surface area (Å²) in [5.74, 6) is -0.846.